The molecule has 0 radical (unpaired) electrons. The largest absolute Gasteiger partial charge is 0.376 e. The van der Waals surface area contributed by atoms with E-state index >= 15 is 0 Å². The molecule has 1 aromatic heterocycles. The molecule has 0 aromatic carbocycles. The maximum absolute atomic E-state index is 5.65. The lowest BCUT2D eigenvalue weighted by atomic mass is 10.1. The zero-order valence-corrected chi connectivity index (χ0v) is 11.1. The van der Waals surface area contributed by atoms with Crippen molar-refractivity contribution in [3.05, 3.63) is 16.1 Å². The Morgan fingerprint density at radius 2 is 2.53 bits per heavy atom. The Kier molecular flexibility index (Phi) is 5.38. The fourth-order valence-electron chi connectivity index (χ4n) is 1.88. The number of hydrogen-bond donors (Lipinski definition) is 1. The third-order valence-electron chi connectivity index (χ3n) is 2.75. The van der Waals surface area contributed by atoms with Crippen LogP contribution in [0.3, 0.4) is 0 Å². The molecule has 2 heterocycles. The lowest BCUT2D eigenvalue weighted by Crippen LogP contribution is -2.24. The van der Waals surface area contributed by atoms with Crippen LogP contribution < -0.4 is 5.32 Å². The molecule has 1 unspecified atom stereocenters. The van der Waals surface area contributed by atoms with Crippen molar-refractivity contribution in [1.29, 1.82) is 0 Å². The lowest BCUT2D eigenvalue weighted by molar-refractivity contribution is -0.0452. The van der Waals surface area contributed by atoms with E-state index < -0.39 is 0 Å². The normalized spacial score (nSPS) is 20.6. The number of nitrogens with zero attached hydrogens (tertiary/aromatic N) is 1. The van der Waals surface area contributed by atoms with Crippen LogP contribution in [0.15, 0.2) is 5.38 Å². The minimum Gasteiger partial charge on any atom is -0.376 e. The summed E-state index contributed by atoms with van der Waals surface area (Å²) in [6, 6.07) is 0. The highest BCUT2D eigenvalue weighted by molar-refractivity contribution is 7.09. The molecule has 0 aliphatic carbocycles. The van der Waals surface area contributed by atoms with Crippen LogP contribution in [0.1, 0.15) is 30.0 Å². The molecule has 4 nitrogen and oxygen atoms in total. The molecule has 1 aliphatic rings. The van der Waals surface area contributed by atoms with Gasteiger partial charge >= 0.3 is 0 Å². The molecule has 1 atom stereocenters. The molecule has 1 saturated heterocycles. The Bertz CT molecular complexity index is 324. The number of ether oxygens (including phenoxy) is 2. The quantitative estimate of drug-likeness (QED) is 0.845. The van der Waals surface area contributed by atoms with Crippen LogP contribution >= 0.6 is 11.3 Å². The zero-order valence-electron chi connectivity index (χ0n) is 10.3. The molecule has 1 aromatic rings. The summed E-state index contributed by atoms with van der Waals surface area (Å²) in [6.45, 7) is 3.01. The molecule has 1 fully saturated rings. The zero-order chi connectivity index (χ0) is 11.9. The van der Waals surface area contributed by atoms with E-state index in [2.05, 4.69) is 15.7 Å². The summed E-state index contributed by atoms with van der Waals surface area (Å²) in [7, 11) is 1.93. The molecular formula is C12H20N2O2S. The van der Waals surface area contributed by atoms with Gasteiger partial charge in [0.1, 0.15) is 5.01 Å². The summed E-state index contributed by atoms with van der Waals surface area (Å²) >= 11 is 1.68. The highest BCUT2D eigenvalue weighted by Gasteiger charge is 2.13. The molecular weight excluding hydrogens is 236 g/mol. The molecule has 0 amide bonds. The molecule has 0 saturated carbocycles. The van der Waals surface area contributed by atoms with Crippen molar-refractivity contribution in [2.75, 3.05) is 20.3 Å². The van der Waals surface area contributed by atoms with E-state index in [0.717, 1.165) is 30.3 Å². The van der Waals surface area contributed by atoms with E-state index in [-0.39, 0.29) is 0 Å². The SMILES string of the molecule is CNCc1nc(COCC2CCCCO2)cs1. The molecule has 2 rings (SSSR count). The fraction of sp³-hybridized carbons (Fsp3) is 0.750. The second kappa shape index (κ2) is 7.06. The molecule has 0 spiro atoms. The van der Waals surface area contributed by atoms with Gasteiger partial charge in [-0.3, -0.25) is 0 Å². The van der Waals surface area contributed by atoms with Crippen LogP contribution in [0.25, 0.3) is 0 Å². The predicted octanol–water partition coefficient (Wildman–Crippen LogP) is 1.95. The van der Waals surface area contributed by atoms with Crippen molar-refractivity contribution in [1.82, 2.24) is 10.3 Å². The van der Waals surface area contributed by atoms with E-state index in [1.54, 1.807) is 11.3 Å². The first-order chi connectivity index (χ1) is 8.38. The Morgan fingerprint density at radius 1 is 1.59 bits per heavy atom. The van der Waals surface area contributed by atoms with Gasteiger partial charge in [-0.1, -0.05) is 0 Å². The summed E-state index contributed by atoms with van der Waals surface area (Å²) in [4.78, 5) is 4.47. The summed E-state index contributed by atoms with van der Waals surface area (Å²) in [6.07, 6.45) is 3.87. The topological polar surface area (TPSA) is 43.4 Å². The van der Waals surface area contributed by atoms with Crippen molar-refractivity contribution < 1.29 is 9.47 Å². The van der Waals surface area contributed by atoms with E-state index in [1.165, 1.54) is 12.8 Å². The first kappa shape index (κ1) is 13.0. The highest BCUT2D eigenvalue weighted by atomic mass is 32.1. The van der Waals surface area contributed by atoms with Crippen LogP contribution in [0, 0.1) is 0 Å². The predicted molar refractivity (Wildman–Crippen MR) is 68.1 cm³/mol. The van der Waals surface area contributed by atoms with Crippen molar-refractivity contribution >= 4 is 11.3 Å². The summed E-state index contributed by atoms with van der Waals surface area (Å²) in [5.74, 6) is 0. The van der Waals surface area contributed by atoms with Crippen molar-refractivity contribution in [3.63, 3.8) is 0 Å². The molecule has 1 aliphatic heterocycles. The highest BCUT2D eigenvalue weighted by Crippen LogP contribution is 2.14. The molecule has 0 bridgehead atoms. The number of hydrogen-bond acceptors (Lipinski definition) is 5. The van der Waals surface area contributed by atoms with Gasteiger partial charge < -0.3 is 14.8 Å². The molecule has 96 valence electrons. The van der Waals surface area contributed by atoms with Gasteiger partial charge in [0, 0.05) is 18.5 Å². The first-order valence-corrected chi connectivity index (χ1v) is 7.03. The Balaban J connectivity index is 1.66. The number of thiazole rings is 1. The van der Waals surface area contributed by atoms with E-state index in [0.29, 0.717) is 19.3 Å². The monoisotopic (exact) mass is 256 g/mol. The minimum atomic E-state index is 0.291. The second-order valence-electron chi connectivity index (χ2n) is 4.27. The Labute approximate surface area is 106 Å². The molecule has 1 N–H and O–H groups in total. The average Bonchev–Trinajstić information content (AvgIpc) is 2.79. The van der Waals surface area contributed by atoms with Gasteiger partial charge in [-0.05, 0) is 26.3 Å². The maximum atomic E-state index is 5.65. The van der Waals surface area contributed by atoms with E-state index in [9.17, 15) is 0 Å². The van der Waals surface area contributed by atoms with Crippen molar-refractivity contribution in [2.45, 2.75) is 38.5 Å². The standard InChI is InChI=1S/C12H20N2O2S/c1-13-6-12-14-10(9-17-12)7-15-8-11-4-2-3-5-16-11/h9,11,13H,2-8H2,1H3. The van der Waals surface area contributed by atoms with Crippen molar-refractivity contribution in [2.24, 2.45) is 0 Å². The van der Waals surface area contributed by atoms with Crippen LogP contribution in [0.2, 0.25) is 0 Å². The van der Waals surface area contributed by atoms with Crippen LogP contribution in [0.5, 0.6) is 0 Å². The molecule has 17 heavy (non-hydrogen) atoms. The summed E-state index contributed by atoms with van der Waals surface area (Å²) < 4.78 is 11.3. The Hall–Kier alpha value is -0.490. The maximum Gasteiger partial charge on any atom is 0.107 e. The smallest absolute Gasteiger partial charge is 0.107 e. The summed E-state index contributed by atoms with van der Waals surface area (Å²) in [5, 5.41) is 6.27. The van der Waals surface area contributed by atoms with Gasteiger partial charge in [0.15, 0.2) is 0 Å². The van der Waals surface area contributed by atoms with Crippen LogP contribution in [-0.4, -0.2) is 31.3 Å². The van der Waals surface area contributed by atoms with Gasteiger partial charge in [0.2, 0.25) is 0 Å². The van der Waals surface area contributed by atoms with Gasteiger partial charge in [-0.2, -0.15) is 0 Å². The second-order valence-corrected chi connectivity index (χ2v) is 5.21. The Morgan fingerprint density at radius 3 is 3.29 bits per heavy atom. The lowest BCUT2D eigenvalue weighted by Gasteiger charge is -2.22. The minimum absolute atomic E-state index is 0.291. The third-order valence-corrected chi connectivity index (χ3v) is 3.65. The first-order valence-electron chi connectivity index (χ1n) is 6.15. The fourth-order valence-corrected chi connectivity index (χ4v) is 2.67. The van der Waals surface area contributed by atoms with Crippen LogP contribution in [-0.2, 0) is 22.6 Å². The van der Waals surface area contributed by atoms with Gasteiger partial charge in [0.25, 0.3) is 0 Å². The van der Waals surface area contributed by atoms with Gasteiger partial charge in [-0.15, -0.1) is 11.3 Å². The van der Waals surface area contributed by atoms with Gasteiger partial charge in [0.05, 0.1) is 25.0 Å². The number of rotatable bonds is 6. The van der Waals surface area contributed by atoms with E-state index in [1.807, 2.05) is 7.05 Å². The summed E-state index contributed by atoms with van der Waals surface area (Å²) in [5.41, 5.74) is 1.02. The average molecular weight is 256 g/mol. The third kappa shape index (κ3) is 4.35. The number of nitrogens with one attached hydrogen (secondary N) is 1. The number of aromatic nitrogens is 1. The van der Waals surface area contributed by atoms with Crippen LogP contribution in [0.4, 0.5) is 0 Å². The molecule has 5 heteroatoms. The van der Waals surface area contributed by atoms with Gasteiger partial charge in [-0.25, -0.2) is 4.98 Å². The van der Waals surface area contributed by atoms with E-state index in [4.69, 9.17) is 9.47 Å². The van der Waals surface area contributed by atoms with Crippen molar-refractivity contribution in [3.8, 4) is 0 Å².